The Balaban J connectivity index is 0.000000161. The molecule has 10 heteroatoms. The molecule has 0 unspecified atom stereocenters. The predicted molar refractivity (Wildman–Crippen MR) is 155 cm³/mol. The van der Waals surface area contributed by atoms with E-state index in [9.17, 15) is 10.2 Å². The van der Waals surface area contributed by atoms with Crippen molar-refractivity contribution in [3.63, 3.8) is 0 Å². The van der Waals surface area contributed by atoms with Gasteiger partial charge in [-0.2, -0.15) is 10.2 Å². The second-order valence-electron chi connectivity index (χ2n) is 11.3. The molecule has 2 aromatic carbocycles. The number of halogens is 2. The molecule has 212 valence electrons. The summed E-state index contributed by atoms with van der Waals surface area (Å²) >= 11 is 11.9. The Hall–Kier alpha value is -2.78. The first-order valence-corrected chi connectivity index (χ1v) is 14.6. The van der Waals surface area contributed by atoms with Crippen molar-refractivity contribution in [3.8, 4) is 0 Å². The first kappa shape index (κ1) is 28.7. The summed E-state index contributed by atoms with van der Waals surface area (Å²) in [5.74, 6) is 1.51. The molecule has 0 bridgehead atoms. The molecule has 2 aliphatic carbocycles. The molecule has 0 aliphatic heterocycles. The molecule has 0 spiro atoms. The van der Waals surface area contributed by atoms with E-state index < -0.39 is 11.2 Å². The topological polar surface area (TPSA) is 102 Å². The number of hydrogen-bond donors (Lipinski definition) is 2. The van der Waals surface area contributed by atoms with Gasteiger partial charge >= 0.3 is 0 Å². The average Bonchev–Trinajstić information content (AvgIpc) is 3.88. The smallest absolute Gasteiger partial charge is 0.137 e. The van der Waals surface area contributed by atoms with Crippen molar-refractivity contribution >= 4 is 23.2 Å². The number of rotatable bonds is 10. The highest BCUT2D eigenvalue weighted by atomic mass is 35.5. The van der Waals surface area contributed by atoms with Gasteiger partial charge < -0.3 is 10.2 Å². The van der Waals surface area contributed by atoms with Crippen LogP contribution in [0.25, 0.3) is 0 Å². The Morgan fingerprint density at radius 3 is 1.32 bits per heavy atom. The number of nitrogens with zero attached hydrogens (tertiary/aromatic N) is 6. The van der Waals surface area contributed by atoms with Crippen LogP contribution in [0.3, 0.4) is 0 Å². The summed E-state index contributed by atoms with van der Waals surface area (Å²) in [5.41, 5.74) is -0.118. The highest BCUT2D eigenvalue weighted by Gasteiger charge is 2.45. The van der Waals surface area contributed by atoms with Crippen molar-refractivity contribution < 1.29 is 10.2 Å². The van der Waals surface area contributed by atoms with Gasteiger partial charge in [-0.25, -0.2) is 19.3 Å². The standard InChI is InChI=1S/2C15H18ClN3O/c2*1-11(12-2-3-12)15(20,8-19-10-17-9-18-19)13-4-6-14(16)7-5-13/h2*4-7,9-12,20H,2-3,8H2,1H3/t11-,15+;11-,15-/m10/s1. The minimum atomic E-state index is -0.945. The quantitative estimate of drug-likeness (QED) is 0.247. The lowest BCUT2D eigenvalue weighted by Gasteiger charge is -2.35. The predicted octanol–water partition coefficient (Wildman–Crippen LogP) is 5.73. The molecule has 0 amide bonds. The fraction of sp³-hybridized carbons (Fsp3) is 0.467. The molecule has 0 saturated heterocycles. The van der Waals surface area contributed by atoms with Crippen molar-refractivity contribution in [2.45, 2.75) is 63.8 Å². The van der Waals surface area contributed by atoms with Crippen LogP contribution in [0.4, 0.5) is 0 Å². The van der Waals surface area contributed by atoms with E-state index in [1.807, 2.05) is 48.5 Å². The number of aromatic nitrogens is 6. The molecule has 6 rings (SSSR count). The van der Waals surface area contributed by atoms with Gasteiger partial charge in [0.1, 0.15) is 36.5 Å². The third-order valence-electron chi connectivity index (χ3n) is 8.59. The third kappa shape index (κ3) is 6.57. The highest BCUT2D eigenvalue weighted by molar-refractivity contribution is 6.30. The molecular weight excluding hydrogens is 547 g/mol. The lowest BCUT2D eigenvalue weighted by molar-refractivity contribution is -0.0445. The van der Waals surface area contributed by atoms with E-state index in [1.54, 1.807) is 22.0 Å². The van der Waals surface area contributed by atoms with E-state index in [2.05, 4.69) is 34.0 Å². The molecule has 2 aromatic heterocycles. The minimum Gasteiger partial charge on any atom is -0.383 e. The molecule has 40 heavy (non-hydrogen) atoms. The van der Waals surface area contributed by atoms with Gasteiger partial charge in [0.15, 0.2) is 0 Å². The Morgan fingerprint density at radius 2 is 1.05 bits per heavy atom. The normalized spacial score (nSPS) is 19.6. The van der Waals surface area contributed by atoms with E-state index >= 15 is 0 Å². The zero-order chi connectivity index (χ0) is 28.3. The number of aliphatic hydroxyl groups is 2. The highest BCUT2D eigenvalue weighted by Crippen LogP contribution is 2.47. The SMILES string of the molecule is C[C@@H](C1CC1)[C@@](O)(Cn1cncn1)c1ccc(Cl)cc1.C[C@H](C1CC1)[C@@](O)(Cn1cncn1)c1ccc(Cl)cc1. The lowest BCUT2D eigenvalue weighted by atomic mass is 9.79. The van der Waals surface area contributed by atoms with Crippen LogP contribution in [0.15, 0.2) is 73.8 Å². The Bertz CT molecular complexity index is 1240. The summed E-state index contributed by atoms with van der Waals surface area (Å²) in [7, 11) is 0. The van der Waals surface area contributed by atoms with Gasteiger partial charge in [-0.05, 0) is 84.7 Å². The molecular formula is C30H36Cl2N6O2. The van der Waals surface area contributed by atoms with Crippen LogP contribution in [0.1, 0.15) is 50.7 Å². The van der Waals surface area contributed by atoms with Gasteiger partial charge in [0, 0.05) is 10.0 Å². The van der Waals surface area contributed by atoms with E-state index in [0.717, 1.165) is 11.1 Å². The second-order valence-corrected chi connectivity index (χ2v) is 12.2. The van der Waals surface area contributed by atoms with Crippen LogP contribution in [0.2, 0.25) is 10.0 Å². The maximum atomic E-state index is 11.3. The lowest BCUT2D eigenvalue weighted by Crippen LogP contribution is -2.39. The molecule has 2 N–H and O–H groups in total. The van der Waals surface area contributed by atoms with E-state index in [-0.39, 0.29) is 11.8 Å². The van der Waals surface area contributed by atoms with E-state index in [0.29, 0.717) is 35.0 Å². The van der Waals surface area contributed by atoms with Crippen molar-refractivity contribution in [1.29, 1.82) is 0 Å². The summed E-state index contributed by atoms with van der Waals surface area (Å²) in [6, 6.07) is 14.9. The van der Waals surface area contributed by atoms with E-state index in [1.165, 1.54) is 38.3 Å². The van der Waals surface area contributed by atoms with Gasteiger partial charge in [0.05, 0.1) is 13.1 Å². The fourth-order valence-electron chi connectivity index (χ4n) is 5.57. The van der Waals surface area contributed by atoms with Crippen molar-refractivity contribution in [2.24, 2.45) is 23.7 Å². The largest absolute Gasteiger partial charge is 0.383 e. The van der Waals surface area contributed by atoms with Gasteiger partial charge in [-0.15, -0.1) is 0 Å². The summed E-state index contributed by atoms with van der Waals surface area (Å²) in [5, 5.41) is 32.2. The van der Waals surface area contributed by atoms with E-state index in [4.69, 9.17) is 23.2 Å². The maximum Gasteiger partial charge on any atom is 0.137 e. The minimum absolute atomic E-state index is 0.174. The summed E-state index contributed by atoms with van der Waals surface area (Å²) in [6.07, 6.45) is 11.0. The zero-order valence-corrected chi connectivity index (χ0v) is 24.3. The molecule has 2 saturated carbocycles. The van der Waals surface area contributed by atoms with Gasteiger partial charge in [0.2, 0.25) is 0 Å². The molecule has 2 fully saturated rings. The first-order valence-electron chi connectivity index (χ1n) is 13.8. The maximum absolute atomic E-state index is 11.3. The summed E-state index contributed by atoms with van der Waals surface area (Å²) in [4.78, 5) is 7.91. The average molecular weight is 584 g/mol. The molecule has 4 atom stereocenters. The van der Waals surface area contributed by atoms with Crippen LogP contribution in [0, 0.1) is 23.7 Å². The molecule has 4 aromatic rings. The Labute approximate surface area is 245 Å². The molecule has 2 aliphatic rings. The van der Waals surface area contributed by atoms with Crippen molar-refractivity contribution in [1.82, 2.24) is 29.5 Å². The van der Waals surface area contributed by atoms with Crippen LogP contribution >= 0.6 is 23.2 Å². The van der Waals surface area contributed by atoms with Crippen molar-refractivity contribution in [2.75, 3.05) is 0 Å². The molecule has 2 heterocycles. The Morgan fingerprint density at radius 1 is 0.700 bits per heavy atom. The first-order chi connectivity index (χ1) is 19.2. The number of benzene rings is 2. The molecule has 8 nitrogen and oxygen atoms in total. The van der Waals surface area contributed by atoms with Crippen LogP contribution in [0.5, 0.6) is 0 Å². The zero-order valence-electron chi connectivity index (χ0n) is 22.8. The summed E-state index contributed by atoms with van der Waals surface area (Å²) in [6.45, 7) is 5.05. The monoisotopic (exact) mass is 582 g/mol. The Kier molecular flexibility index (Phi) is 8.61. The third-order valence-corrected chi connectivity index (χ3v) is 9.10. The number of hydrogen-bond acceptors (Lipinski definition) is 6. The fourth-order valence-corrected chi connectivity index (χ4v) is 5.82. The van der Waals surface area contributed by atoms with Gasteiger partial charge in [0.25, 0.3) is 0 Å². The van der Waals surface area contributed by atoms with Crippen LogP contribution in [-0.2, 0) is 24.3 Å². The van der Waals surface area contributed by atoms with Crippen LogP contribution < -0.4 is 0 Å². The van der Waals surface area contributed by atoms with Crippen LogP contribution in [-0.4, -0.2) is 39.7 Å². The van der Waals surface area contributed by atoms with Crippen molar-refractivity contribution in [3.05, 3.63) is 95.0 Å². The summed E-state index contributed by atoms with van der Waals surface area (Å²) < 4.78 is 3.38. The second kappa shape index (κ2) is 12.0. The van der Waals surface area contributed by atoms with Gasteiger partial charge in [-0.3, -0.25) is 0 Å². The molecule has 0 radical (unpaired) electrons. The van der Waals surface area contributed by atoms with Gasteiger partial charge in [-0.1, -0.05) is 61.3 Å².